The van der Waals surface area contributed by atoms with E-state index in [9.17, 15) is 0 Å². The fourth-order valence-electron chi connectivity index (χ4n) is 2.91. The standard InChI is InChI=1S/C15H21NOS/c16-11-15(6-2-7-15)12-3-1-4-13(9-12)17-14-5-8-18-10-14/h1,3-4,9,14H,2,5-8,10-11,16H2. The van der Waals surface area contributed by atoms with Crippen molar-refractivity contribution in [3.63, 3.8) is 0 Å². The predicted octanol–water partition coefficient (Wildman–Crippen LogP) is 2.95. The molecule has 0 spiro atoms. The summed E-state index contributed by atoms with van der Waals surface area (Å²) in [5.41, 5.74) is 7.58. The van der Waals surface area contributed by atoms with E-state index in [1.165, 1.54) is 37.0 Å². The summed E-state index contributed by atoms with van der Waals surface area (Å²) in [6.45, 7) is 0.760. The highest BCUT2D eigenvalue weighted by molar-refractivity contribution is 7.99. The number of benzene rings is 1. The minimum absolute atomic E-state index is 0.240. The van der Waals surface area contributed by atoms with Crippen molar-refractivity contribution in [1.29, 1.82) is 0 Å². The van der Waals surface area contributed by atoms with E-state index in [1.54, 1.807) is 0 Å². The van der Waals surface area contributed by atoms with Gasteiger partial charge in [-0.3, -0.25) is 0 Å². The maximum Gasteiger partial charge on any atom is 0.120 e. The lowest BCUT2D eigenvalue weighted by atomic mass is 9.64. The third-order valence-corrected chi connectivity index (χ3v) is 5.47. The molecule has 1 aromatic carbocycles. The van der Waals surface area contributed by atoms with E-state index in [0.29, 0.717) is 6.10 Å². The number of thioether (sulfide) groups is 1. The van der Waals surface area contributed by atoms with Gasteiger partial charge in [0.05, 0.1) is 0 Å². The number of rotatable bonds is 4. The molecule has 2 nitrogen and oxygen atoms in total. The minimum Gasteiger partial charge on any atom is -0.490 e. The average Bonchev–Trinajstić information content (AvgIpc) is 2.82. The Morgan fingerprint density at radius 1 is 1.39 bits per heavy atom. The van der Waals surface area contributed by atoms with Gasteiger partial charge in [0.1, 0.15) is 11.9 Å². The first-order chi connectivity index (χ1) is 8.82. The number of ether oxygens (including phenoxy) is 1. The van der Waals surface area contributed by atoms with Gasteiger partial charge in [0.2, 0.25) is 0 Å². The highest BCUT2D eigenvalue weighted by Gasteiger charge is 2.37. The second-order valence-corrected chi connectivity index (χ2v) is 6.62. The van der Waals surface area contributed by atoms with Crippen LogP contribution in [0, 0.1) is 0 Å². The van der Waals surface area contributed by atoms with E-state index >= 15 is 0 Å². The van der Waals surface area contributed by atoms with Crippen LogP contribution in [-0.2, 0) is 5.41 Å². The predicted molar refractivity (Wildman–Crippen MR) is 77.4 cm³/mol. The van der Waals surface area contributed by atoms with Crippen molar-refractivity contribution in [3.8, 4) is 5.75 Å². The molecule has 98 valence electrons. The highest BCUT2D eigenvalue weighted by atomic mass is 32.2. The van der Waals surface area contributed by atoms with Crippen molar-refractivity contribution in [3.05, 3.63) is 29.8 Å². The van der Waals surface area contributed by atoms with Crippen LogP contribution in [-0.4, -0.2) is 24.2 Å². The molecule has 18 heavy (non-hydrogen) atoms. The van der Waals surface area contributed by atoms with Gasteiger partial charge in [-0.05, 0) is 42.7 Å². The Hall–Kier alpha value is -0.670. The molecule has 1 heterocycles. The van der Waals surface area contributed by atoms with Crippen LogP contribution < -0.4 is 10.5 Å². The first kappa shape index (κ1) is 12.4. The third-order valence-electron chi connectivity index (χ3n) is 4.34. The molecule has 1 unspecified atom stereocenters. The smallest absolute Gasteiger partial charge is 0.120 e. The summed E-state index contributed by atoms with van der Waals surface area (Å²) in [5, 5.41) is 0. The van der Waals surface area contributed by atoms with Gasteiger partial charge in [0.25, 0.3) is 0 Å². The van der Waals surface area contributed by atoms with Crippen LogP contribution >= 0.6 is 11.8 Å². The van der Waals surface area contributed by atoms with Gasteiger partial charge < -0.3 is 10.5 Å². The summed E-state index contributed by atoms with van der Waals surface area (Å²) in [7, 11) is 0. The molecule has 1 aliphatic heterocycles. The van der Waals surface area contributed by atoms with Crippen molar-refractivity contribution in [2.24, 2.45) is 5.73 Å². The van der Waals surface area contributed by atoms with Crippen LogP contribution in [0.2, 0.25) is 0 Å². The Kier molecular flexibility index (Phi) is 3.53. The van der Waals surface area contributed by atoms with Gasteiger partial charge in [-0.1, -0.05) is 18.6 Å². The zero-order chi connectivity index (χ0) is 12.4. The van der Waals surface area contributed by atoms with E-state index in [1.807, 2.05) is 11.8 Å². The van der Waals surface area contributed by atoms with Crippen molar-refractivity contribution in [2.75, 3.05) is 18.1 Å². The van der Waals surface area contributed by atoms with E-state index in [-0.39, 0.29) is 5.41 Å². The van der Waals surface area contributed by atoms with Crippen molar-refractivity contribution in [2.45, 2.75) is 37.2 Å². The monoisotopic (exact) mass is 263 g/mol. The maximum absolute atomic E-state index is 6.06. The second kappa shape index (κ2) is 5.14. The lowest BCUT2D eigenvalue weighted by Gasteiger charge is -2.41. The molecule has 0 amide bonds. The lowest BCUT2D eigenvalue weighted by molar-refractivity contribution is 0.225. The Morgan fingerprint density at radius 2 is 2.28 bits per heavy atom. The van der Waals surface area contributed by atoms with Gasteiger partial charge in [0.15, 0.2) is 0 Å². The van der Waals surface area contributed by atoms with Gasteiger partial charge in [-0.25, -0.2) is 0 Å². The largest absolute Gasteiger partial charge is 0.490 e. The molecule has 1 saturated carbocycles. The second-order valence-electron chi connectivity index (χ2n) is 5.47. The zero-order valence-electron chi connectivity index (χ0n) is 10.7. The third kappa shape index (κ3) is 2.26. The summed E-state index contributed by atoms with van der Waals surface area (Å²) in [5.74, 6) is 3.39. The molecular weight excluding hydrogens is 242 g/mol. The Labute approximate surface area is 113 Å². The Balaban J connectivity index is 1.76. The van der Waals surface area contributed by atoms with Crippen LogP contribution in [0.5, 0.6) is 5.75 Å². The highest BCUT2D eigenvalue weighted by Crippen LogP contribution is 2.43. The van der Waals surface area contributed by atoms with Crippen LogP contribution in [0.25, 0.3) is 0 Å². The summed E-state index contributed by atoms with van der Waals surface area (Å²) < 4.78 is 6.06. The summed E-state index contributed by atoms with van der Waals surface area (Å²) in [4.78, 5) is 0. The van der Waals surface area contributed by atoms with Crippen molar-refractivity contribution >= 4 is 11.8 Å². The first-order valence-corrected chi connectivity index (χ1v) is 8.03. The fraction of sp³-hybridized carbons (Fsp3) is 0.600. The molecule has 0 aromatic heterocycles. The molecule has 0 radical (unpaired) electrons. The first-order valence-electron chi connectivity index (χ1n) is 6.87. The summed E-state index contributed by atoms with van der Waals surface area (Å²) >= 11 is 1.99. The SMILES string of the molecule is NCC1(c2cccc(OC3CCSC3)c2)CCC1. The van der Waals surface area contributed by atoms with Crippen LogP contribution in [0.1, 0.15) is 31.2 Å². The molecule has 1 aromatic rings. The Bertz CT molecular complexity index is 405. The maximum atomic E-state index is 6.06. The van der Waals surface area contributed by atoms with Gasteiger partial charge in [-0.15, -0.1) is 0 Å². The molecule has 1 aliphatic carbocycles. The molecule has 3 heteroatoms. The molecular formula is C15H21NOS. The molecule has 3 rings (SSSR count). The van der Waals surface area contributed by atoms with Gasteiger partial charge >= 0.3 is 0 Å². The van der Waals surface area contributed by atoms with Crippen molar-refractivity contribution < 1.29 is 4.74 Å². The van der Waals surface area contributed by atoms with E-state index in [2.05, 4.69) is 24.3 Å². The lowest BCUT2D eigenvalue weighted by Crippen LogP contribution is -2.41. The van der Waals surface area contributed by atoms with E-state index in [0.717, 1.165) is 18.0 Å². The molecule has 1 atom stereocenters. The van der Waals surface area contributed by atoms with E-state index < -0.39 is 0 Å². The number of hydrogen-bond donors (Lipinski definition) is 1. The fourth-order valence-corrected chi connectivity index (χ4v) is 4.01. The molecule has 2 N–H and O–H groups in total. The van der Waals surface area contributed by atoms with Crippen LogP contribution in [0.4, 0.5) is 0 Å². The zero-order valence-corrected chi connectivity index (χ0v) is 11.5. The topological polar surface area (TPSA) is 35.2 Å². The quantitative estimate of drug-likeness (QED) is 0.907. The van der Waals surface area contributed by atoms with Crippen LogP contribution in [0.15, 0.2) is 24.3 Å². The average molecular weight is 263 g/mol. The Morgan fingerprint density at radius 3 is 2.89 bits per heavy atom. The van der Waals surface area contributed by atoms with Crippen molar-refractivity contribution in [1.82, 2.24) is 0 Å². The summed E-state index contributed by atoms with van der Waals surface area (Å²) in [6, 6.07) is 8.62. The summed E-state index contributed by atoms with van der Waals surface area (Å²) in [6.07, 6.45) is 5.34. The molecule has 2 aliphatic rings. The molecule has 2 fully saturated rings. The van der Waals surface area contributed by atoms with Gasteiger partial charge in [-0.2, -0.15) is 11.8 Å². The van der Waals surface area contributed by atoms with Crippen LogP contribution in [0.3, 0.4) is 0 Å². The van der Waals surface area contributed by atoms with E-state index in [4.69, 9.17) is 10.5 Å². The van der Waals surface area contributed by atoms with Gasteiger partial charge in [0, 0.05) is 17.7 Å². The molecule has 1 saturated heterocycles. The normalized spacial score (nSPS) is 25.7. The number of nitrogens with two attached hydrogens (primary N) is 1. The minimum atomic E-state index is 0.240. The molecule has 0 bridgehead atoms. The number of hydrogen-bond acceptors (Lipinski definition) is 3.